The molecule has 0 saturated heterocycles. The van der Waals surface area contributed by atoms with E-state index < -0.39 is 0 Å². The third-order valence-electron chi connectivity index (χ3n) is 3.11. The van der Waals surface area contributed by atoms with E-state index in [0.29, 0.717) is 0 Å². The summed E-state index contributed by atoms with van der Waals surface area (Å²) in [5, 5.41) is 0. The van der Waals surface area contributed by atoms with Crippen LogP contribution in [0.25, 0.3) is 0 Å². The van der Waals surface area contributed by atoms with Crippen LogP contribution in [0.1, 0.15) is 42.6 Å². The normalized spacial score (nSPS) is 12.3. The highest BCUT2D eigenvalue weighted by Crippen LogP contribution is 2.19. The van der Waals surface area contributed by atoms with Gasteiger partial charge in [0.1, 0.15) is 0 Å². The molecule has 0 N–H and O–H groups in total. The van der Waals surface area contributed by atoms with Gasteiger partial charge in [-0.15, -0.1) is 0 Å². The van der Waals surface area contributed by atoms with Crippen LogP contribution in [0.3, 0.4) is 0 Å². The van der Waals surface area contributed by atoms with Crippen molar-refractivity contribution in [2.45, 2.75) is 39.7 Å². The molecule has 17 heavy (non-hydrogen) atoms. The van der Waals surface area contributed by atoms with Gasteiger partial charge in [-0.1, -0.05) is 35.3 Å². The van der Waals surface area contributed by atoms with E-state index in [2.05, 4.69) is 29.8 Å². The second-order valence-corrected chi connectivity index (χ2v) is 5.37. The fraction of sp³-hybridized carbons (Fsp3) is 0.500. The van der Waals surface area contributed by atoms with Crippen molar-refractivity contribution in [1.29, 1.82) is 0 Å². The molecule has 0 aromatic heterocycles. The Hall–Kier alpha value is -0.830. The van der Waals surface area contributed by atoms with E-state index in [4.69, 9.17) is 0 Å². The smallest absolute Gasteiger partial charge is 0.253 e. The van der Waals surface area contributed by atoms with Gasteiger partial charge in [0, 0.05) is 23.1 Å². The molecule has 0 fully saturated rings. The molecule has 1 aromatic rings. The molecule has 1 atom stereocenters. The molecule has 1 unspecified atom stereocenters. The van der Waals surface area contributed by atoms with Crippen molar-refractivity contribution >= 4 is 21.8 Å². The summed E-state index contributed by atoms with van der Waals surface area (Å²) >= 11 is 3.46. The minimum Gasteiger partial charge on any atom is -0.339 e. The van der Waals surface area contributed by atoms with Crippen LogP contribution < -0.4 is 0 Å². The van der Waals surface area contributed by atoms with Crippen molar-refractivity contribution in [3.05, 3.63) is 33.8 Å². The highest BCUT2D eigenvalue weighted by atomic mass is 79.9. The average molecular weight is 298 g/mol. The number of hydrogen-bond donors (Lipinski definition) is 0. The van der Waals surface area contributed by atoms with E-state index in [1.54, 1.807) is 0 Å². The van der Waals surface area contributed by atoms with E-state index in [-0.39, 0.29) is 11.9 Å². The summed E-state index contributed by atoms with van der Waals surface area (Å²) in [6, 6.07) is 6.03. The minimum absolute atomic E-state index is 0.0895. The molecule has 1 amide bonds. The maximum Gasteiger partial charge on any atom is 0.253 e. The Balaban J connectivity index is 2.85. The predicted molar refractivity (Wildman–Crippen MR) is 75.3 cm³/mol. The van der Waals surface area contributed by atoms with Crippen molar-refractivity contribution in [3.63, 3.8) is 0 Å². The van der Waals surface area contributed by atoms with Gasteiger partial charge in [-0.3, -0.25) is 4.79 Å². The topological polar surface area (TPSA) is 20.3 Å². The summed E-state index contributed by atoms with van der Waals surface area (Å²) in [6.45, 7) is 6.24. The van der Waals surface area contributed by atoms with E-state index >= 15 is 0 Å². The Morgan fingerprint density at radius 3 is 2.65 bits per heavy atom. The third-order valence-corrected chi connectivity index (χ3v) is 3.96. The molecule has 94 valence electrons. The average Bonchev–Trinajstić information content (AvgIpc) is 2.31. The zero-order valence-corrected chi connectivity index (χ0v) is 12.5. The molecule has 0 radical (unpaired) electrons. The first kappa shape index (κ1) is 14.2. The molecule has 1 aromatic carbocycles. The molecule has 0 spiro atoms. The Morgan fingerprint density at radius 1 is 1.47 bits per heavy atom. The number of benzene rings is 1. The van der Waals surface area contributed by atoms with Crippen LogP contribution in [0.5, 0.6) is 0 Å². The van der Waals surface area contributed by atoms with Crippen molar-refractivity contribution in [1.82, 2.24) is 4.90 Å². The molecule has 2 nitrogen and oxygen atoms in total. The summed E-state index contributed by atoms with van der Waals surface area (Å²) in [6.07, 6.45) is 2.13. The van der Waals surface area contributed by atoms with Gasteiger partial charge in [0.25, 0.3) is 5.91 Å². The van der Waals surface area contributed by atoms with E-state index in [0.717, 1.165) is 28.4 Å². The number of carbonyl (C=O) groups is 1. The largest absolute Gasteiger partial charge is 0.339 e. The van der Waals surface area contributed by atoms with Crippen LogP contribution in [-0.4, -0.2) is 23.9 Å². The van der Waals surface area contributed by atoms with Gasteiger partial charge >= 0.3 is 0 Å². The van der Waals surface area contributed by atoms with Gasteiger partial charge in [-0.2, -0.15) is 0 Å². The standard InChI is InChI=1S/C14H20BrNO/c1-5-6-11(3)16(4)14(17)12-8-7-10(2)13(15)9-12/h7-9,11H,5-6H2,1-4H3. The van der Waals surface area contributed by atoms with Gasteiger partial charge in [-0.25, -0.2) is 0 Å². The highest BCUT2D eigenvalue weighted by molar-refractivity contribution is 9.10. The van der Waals surface area contributed by atoms with Crippen molar-refractivity contribution in [2.75, 3.05) is 7.05 Å². The molecule has 1 rings (SSSR count). The second kappa shape index (κ2) is 6.20. The molecular weight excluding hydrogens is 278 g/mol. The van der Waals surface area contributed by atoms with Crippen molar-refractivity contribution in [3.8, 4) is 0 Å². The van der Waals surface area contributed by atoms with Crippen LogP contribution in [0.2, 0.25) is 0 Å². The molecule has 0 aliphatic rings. The number of amides is 1. The Kier molecular flexibility index (Phi) is 5.19. The number of rotatable bonds is 4. The lowest BCUT2D eigenvalue weighted by molar-refractivity contribution is 0.0736. The first-order valence-corrected chi connectivity index (χ1v) is 6.80. The molecule has 0 saturated carbocycles. The lowest BCUT2D eigenvalue weighted by Gasteiger charge is -2.24. The van der Waals surface area contributed by atoms with Crippen LogP contribution in [0, 0.1) is 6.92 Å². The molecule has 0 heterocycles. The Morgan fingerprint density at radius 2 is 2.12 bits per heavy atom. The summed E-state index contributed by atoms with van der Waals surface area (Å²) in [4.78, 5) is 14.0. The SMILES string of the molecule is CCCC(C)N(C)C(=O)c1ccc(C)c(Br)c1. The fourth-order valence-corrected chi connectivity index (χ4v) is 2.12. The highest BCUT2D eigenvalue weighted by Gasteiger charge is 2.17. The summed E-state index contributed by atoms with van der Waals surface area (Å²) < 4.78 is 0.986. The molecule has 3 heteroatoms. The number of carbonyl (C=O) groups excluding carboxylic acids is 1. The summed E-state index contributed by atoms with van der Waals surface area (Å²) in [5.74, 6) is 0.0895. The van der Waals surface area contributed by atoms with Crippen molar-refractivity contribution < 1.29 is 4.79 Å². The summed E-state index contributed by atoms with van der Waals surface area (Å²) in [5.41, 5.74) is 1.89. The first-order chi connectivity index (χ1) is 7.97. The van der Waals surface area contributed by atoms with Crippen LogP contribution in [-0.2, 0) is 0 Å². The third kappa shape index (κ3) is 3.56. The van der Waals surface area contributed by atoms with Gasteiger partial charge in [0.05, 0.1) is 0 Å². The van der Waals surface area contributed by atoms with E-state index in [9.17, 15) is 4.79 Å². The number of aryl methyl sites for hydroxylation is 1. The quantitative estimate of drug-likeness (QED) is 0.822. The van der Waals surface area contributed by atoms with Gasteiger partial charge in [0.2, 0.25) is 0 Å². The van der Waals surface area contributed by atoms with Gasteiger partial charge in [-0.05, 0) is 38.0 Å². The van der Waals surface area contributed by atoms with Gasteiger partial charge in [0.15, 0.2) is 0 Å². The zero-order valence-electron chi connectivity index (χ0n) is 11.0. The molecule has 0 bridgehead atoms. The van der Waals surface area contributed by atoms with Crippen LogP contribution in [0.15, 0.2) is 22.7 Å². The maximum absolute atomic E-state index is 12.2. The van der Waals surface area contributed by atoms with E-state index in [1.165, 1.54) is 0 Å². The number of hydrogen-bond acceptors (Lipinski definition) is 1. The second-order valence-electron chi connectivity index (χ2n) is 4.52. The zero-order chi connectivity index (χ0) is 13.0. The van der Waals surface area contributed by atoms with Gasteiger partial charge < -0.3 is 4.90 Å². The number of halogens is 1. The molecule has 0 aliphatic carbocycles. The monoisotopic (exact) mass is 297 g/mol. The van der Waals surface area contributed by atoms with Crippen molar-refractivity contribution in [2.24, 2.45) is 0 Å². The Labute approximate surface area is 112 Å². The molecular formula is C14H20BrNO. The maximum atomic E-state index is 12.2. The molecule has 0 aliphatic heterocycles. The predicted octanol–water partition coefficient (Wildman–Crippen LogP) is 4.02. The summed E-state index contributed by atoms with van der Waals surface area (Å²) in [7, 11) is 1.87. The fourth-order valence-electron chi connectivity index (χ4n) is 1.74. The van der Waals surface area contributed by atoms with Crippen LogP contribution in [0.4, 0.5) is 0 Å². The lowest BCUT2D eigenvalue weighted by Crippen LogP contribution is -2.34. The van der Waals surface area contributed by atoms with Crippen LogP contribution >= 0.6 is 15.9 Å². The van der Waals surface area contributed by atoms with E-state index in [1.807, 2.05) is 37.1 Å². The number of nitrogens with zero attached hydrogens (tertiary/aromatic N) is 1. The first-order valence-electron chi connectivity index (χ1n) is 6.00. The lowest BCUT2D eigenvalue weighted by atomic mass is 10.1. The Bertz CT molecular complexity index is 403. The minimum atomic E-state index is 0.0895.